The Morgan fingerprint density at radius 3 is 2.48 bits per heavy atom. The van der Waals surface area contributed by atoms with Crippen LogP contribution >= 0.6 is 11.6 Å². The minimum Gasteiger partial charge on any atom is -0.507 e. The quantitative estimate of drug-likeness (QED) is 0.274. The molecular weight excluding hydrogens is 432 g/mol. The number of aliphatic hydroxyl groups excluding tert-OH is 3. The van der Waals surface area contributed by atoms with Crippen molar-refractivity contribution in [1.82, 2.24) is 5.32 Å². The van der Waals surface area contributed by atoms with Gasteiger partial charge in [0, 0.05) is 34.0 Å². The Morgan fingerprint density at radius 1 is 1.26 bits per heavy atom. The van der Waals surface area contributed by atoms with E-state index in [1.807, 2.05) is 0 Å². The summed E-state index contributed by atoms with van der Waals surface area (Å²) in [5, 5.41) is 56.7. The highest BCUT2D eigenvalue weighted by atomic mass is 35.5. The fraction of sp³-hybridized carbons (Fsp3) is 0.450. The molecule has 2 fully saturated rings. The molecule has 0 aromatic heterocycles. The van der Waals surface area contributed by atoms with E-state index >= 15 is 0 Å². The molecule has 8 N–H and O–H groups in total. The molecule has 0 spiro atoms. The minimum absolute atomic E-state index is 0.00450. The summed E-state index contributed by atoms with van der Waals surface area (Å²) in [5.74, 6) is -9.08. The van der Waals surface area contributed by atoms with E-state index in [0.29, 0.717) is 0 Å². The van der Waals surface area contributed by atoms with Gasteiger partial charge in [-0.15, -0.1) is 0 Å². The Kier molecular flexibility index (Phi) is 4.91. The number of carbonyl (C=O) groups excluding carboxylic acids is 3. The number of amides is 1. The Bertz CT molecular complexity index is 1060. The zero-order valence-corrected chi connectivity index (χ0v) is 17.0. The van der Waals surface area contributed by atoms with Crippen LogP contribution in [0.1, 0.15) is 23.7 Å². The predicted molar refractivity (Wildman–Crippen MR) is 106 cm³/mol. The van der Waals surface area contributed by atoms with E-state index in [4.69, 9.17) is 17.3 Å². The fourth-order valence-corrected chi connectivity index (χ4v) is 5.61. The first-order chi connectivity index (χ1) is 14.5. The molecule has 3 aliphatic carbocycles. The molecule has 0 radical (unpaired) electrons. The van der Waals surface area contributed by atoms with E-state index in [-0.39, 0.29) is 22.6 Å². The smallest absolute Gasteiger partial charge is 0.230 e. The van der Waals surface area contributed by atoms with Gasteiger partial charge in [-0.1, -0.05) is 11.6 Å². The molecule has 1 amide bonds. The monoisotopic (exact) mass is 452 g/mol. The van der Waals surface area contributed by atoms with Gasteiger partial charge in [0.05, 0.1) is 17.8 Å². The Hall–Kier alpha value is -2.50. The number of nitrogens with one attached hydrogen (secondary N) is 1. The maximum absolute atomic E-state index is 13.4. The van der Waals surface area contributed by atoms with Crippen LogP contribution in [0, 0.1) is 17.8 Å². The molecule has 166 valence electrons. The third-order valence-electron chi connectivity index (χ3n) is 6.79. The number of Topliss-reactive ketones (excluding diaryl/α,β-unsaturated/α-hetero) is 2. The topological polar surface area (TPSA) is 190 Å². The van der Waals surface area contributed by atoms with Gasteiger partial charge in [0.1, 0.15) is 17.4 Å². The van der Waals surface area contributed by atoms with Crippen LogP contribution in [0.3, 0.4) is 0 Å². The maximum Gasteiger partial charge on any atom is 0.230 e. The number of phenols is 1. The molecule has 0 heterocycles. The summed E-state index contributed by atoms with van der Waals surface area (Å²) in [4.78, 5) is 38.3. The second-order valence-electron chi connectivity index (χ2n) is 8.16. The largest absolute Gasteiger partial charge is 0.507 e. The maximum atomic E-state index is 13.4. The van der Waals surface area contributed by atoms with Crippen molar-refractivity contribution >= 4 is 34.8 Å². The molecule has 2 saturated carbocycles. The van der Waals surface area contributed by atoms with Crippen molar-refractivity contribution in [1.29, 1.82) is 0 Å². The summed E-state index contributed by atoms with van der Waals surface area (Å²) in [6.07, 6.45) is -3.28. The molecule has 31 heavy (non-hydrogen) atoms. The summed E-state index contributed by atoms with van der Waals surface area (Å²) in [6, 6.07) is 1.39. The van der Waals surface area contributed by atoms with E-state index in [2.05, 4.69) is 5.32 Å². The molecule has 0 saturated heterocycles. The molecule has 11 heteroatoms. The minimum atomic E-state index is -2.78. The number of hydrogen-bond acceptors (Lipinski definition) is 9. The number of aromatic hydroxyl groups is 1. The lowest BCUT2D eigenvalue weighted by molar-refractivity contribution is -0.180. The van der Waals surface area contributed by atoms with Crippen LogP contribution in [0.15, 0.2) is 17.7 Å². The zero-order valence-electron chi connectivity index (χ0n) is 16.2. The standard InChI is InChI=1S/C20H21ClN2O8/c1-23-13-6-4-5-9(15(26)11-8(24)3-2-7(21)10(11)14(5)25)17(28)20(6,31)18(29)12(16(13)27)19(22)30/h2-3,5-6,12-14,16,23-27,31H,4H2,1H3,(H2,22,30). The number of carbonyl (C=O) groups is 3. The van der Waals surface area contributed by atoms with E-state index in [0.717, 1.165) is 6.07 Å². The van der Waals surface area contributed by atoms with E-state index in [9.17, 15) is 39.9 Å². The molecular formula is C20H21ClN2O8. The van der Waals surface area contributed by atoms with Gasteiger partial charge in [-0.25, -0.2) is 0 Å². The van der Waals surface area contributed by atoms with Crippen LogP contribution in [-0.2, 0) is 14.4 Å². The average molecular weight is 453 g/mol. The first kappa shape index (κ1) is 21.7. The molecule has 10 nitrogen and oxygen atoms in total. The lowest BCUT2D eigenvalue weighted by Crippen LogP contribution is -2.73. The highest BCUT2D eigenvalue weighted by Gasteiger charge is 2.67. The van der Waals surface area contributed by atoms with Crippen molar-refractivity contribution in [2.45, 2.75) is 30.3 Å². The summed E-state index contributed by atoms with van der Waals surface area (Å²) in [5.41, 5.74) is 1.74. The Labute approximate surface area is 180 Å². The molecule has 3 aliphatic rings. The number of nitrogens with two attached hydrogens (primary N) is 1. The molecule has 1 aromatic rings. The highest BCUT2D eigenvalue weighted by molar-refractivity contribution is 6.32. The van der Waals surface area contributed by atoms with Crippen molar-refractivity contribution < 1.29 is 39.9 Å². The third kappa shape index (κ3) is 2.63. The summed E-state index contributed by atoms with van der Waals surface area (Å²) in [7, 11) is 1.41. The van der Waals surface area contributed by atoms with Gasteiger partial charge in [-0.05, 0) is 25.6 Å². The fourth-order valence-electron chi connectivity index (χ4n) is 5.34. The second-order valence-corrected chi connectivity index (χ2v) is 8.56. The van der Waals surface area contributed by atoms with Crippen LogP contribution in [0.2, 0.25) is 5.02 Å². The number of halogens is 1. The lowest BCUT2D eigenvalue weighted by atomic mass is 9.54. The van der Waals surface area contributed by atoms with E-state index in [1.165, 1.54) is 13.1 Å². The number of aliphatic hydroxyl groups is 4. The van der Waals surface area contributed by atoms with Crippen molar-refractivity contribution in [3.05, 3.63) is 33.9 Å². The van der Waals surface area contributed by atoms with Gasteiger partial charge >= 0.3 is 0 Å². The number of hydrogen-bond donors (Lipinski definition) is 7. The highest BCUT2D eigenvalue weighted by Crippen LogP contribution is 2.55. The molecule has 7 atom stereocenters. The summed E-state index contributed by atoms with van der Waals surface area (Å²) >= 11 is 6.17. The molecule has 1 aromatic carbocycles. The van der Waals surface area contributed by atoms with Gasteiger partial charge in [0.2, 0.25) is 11.7 Å². The molecule has 4 rings (SSSR count). The van der Waals surface area contributed by atoms with Crippen molar-refractivity contribution in [2.75, 3.05) is 7.05 Å². The van der Waals surface area contributed by atoms with Crippen LogP contribution in [0.5, 0.6) is 5.75 Å². The molecule has 0 bridgehead atoms. The van der Waals surface area contributed by atoms with Crippen molar-refractivity contribution in [3.63, 3.8) is 0 Å². The summed E-state index contributed by atoms with van der Waals surface area (Å²) in [6.45, 7) is 0. The number of fused-ring (bicyclic) bond motifs is 3. The van der Waals surface area contributed by atoms with E-state index < -0.39 is 76.2 Å². The van der Waals surface area contributed by atoms with Gasteiger partial charge in [0.15, 0.2) is 11.4 Å². The zero-order chi connectivity index (χ0) is 23.0. The lowest BCUT2D eigenvalue weighted by Gasteiger charge is -2.52. The third-order valence-corrected chi connectivity index (χ3v) is 7.12. The van der Waals surface area contributed by atoms with Crippen molar-refractivity contribution in [3.8, 4) is 5.75 Å². The number of likely N-dealkylation sites (N-methyl/N-ethyl adjacent to an activating group) is 1. The second kappa shape index (κ2) is 7.01. The molecule has 7 unspecified atom stereocenters. The van der Waals surface area contributed by atoms with Crippen LogP contribution < -0.4 is 11.1 Å². The van der Waals surface area contributed by atoms with Crippen molar-refractivity contribution in [2.24, 2.45) is 23.5 Å². The summed E-state index contributed by atoms with van der Waals surface area (Å²) < 4.78 is 0. The van der Waals surface area contributed by atoms with Gasteiger partial charge < -0.3 is 36.6 Å². The first-order valence-electron chi connectivity index (χ1n) is 9.57. The number of benzene rings is 1. The Balaban J connectivity index is 1.96. The number of primary amides is 1. The number of rotatable bonds is 2. The van der Waals surface area contributed by atoms with Gasteiger partial charge in [-0.3, -0.25) is 14.4 Å². The van der Waals surface area contributed by atoms with E-state index in [1.54, 1.807) is 0 Å². The van der Waals surface area contributed by atoms with Crippen LogP contribution in [-0.4, -0.2) is 67.8 Å². The normalized spacial score (nSPS) is 37.2. The molecule has 0 aliphatic heterocycles. The van der Waals surface area contributed by atoms with Crippen LogP contribution in [0.4, 0.5) is 0 Å². The average Bonchev–Trinajstić information content (AvgIpc) is 2.70. The van der Waals surface area contributed by atoms with Gasteiger partial charge in [-0.2, -0.15) is 0 Å². The number of ketones is 2. The predicted octanol–water partition coefficient (Wildman–Crippen LogP) is -1.07. The van der Waals surface area contributed by atoms with Crippen LogP contribution in [0.25, 0.3) is 5.76 Å². The number of phenolic OH excluding ortho intramolecular Hbond substituents is 1. The first-order valence-corrected chi connectivity index (χ1v) is 9.95. The SMILES string of the molecule is CNC1C(O)C(C(N)=O)C(=O)C2(O)C(=O)C3=C(O)c4c(O)ccc(Cl)c4C(O)C3CC12. The Morgan fingerprint density at radius 2 is 1.90 bits per heavy atom. The van der Waals surface area contributed by atoms with Gasteiger partial charge in [0.25, 0.3) is 0 Å².